The Hall–Kier alpha value is -0.810. The van der Waals surface area contributed by atoms with Crippen LogP contribution in [0.2, 0.25) is 20.2 Å². The molecule has 0 saturated carbocycles. The van der Waals surface area contributed by atoms with Crippen molar-refractivity contribution in [2.45, 2.75) is 20.3 Å². The van der Waals surface area contributed by atoms with Crippen molar-refractivity contribution in [2.75, 3.05) is 11.9 Å². The molecule has 0 bridgehead atoms. The minimum atomic E-state index is 0.239. The highest BCUT2D eigenvalue weighted by Gasteiger charge is 2.10. The molecular weight excluding hydrogens is 354 g/mol. The Morgan fingerprint density at radius 1 is 1.00 bits per heavy atom. The molecule has 4 nitrogen and oxygen atoms in total. The first-order chi connectivity index (χ1) is 9.88. The third-order valence-electron chi connectivity index (χ3n) is 2.74. The molecule has 0 spiro atoms. The molecular formula is C13H12Cl4N4. The first kappa shape index (κ1) is 16.6. The van der Waals surface area contributed by atoms with Gasteiger partial charge >= 0.3 is 0 Å². The Morgan fingerprint density at radius 3 is 2.43 bits per heavy atom. The van der Waals surface area contributed by atoms with Crippen LogP contribution in [0.25, 0.3) is 0 Å². The van der Waals surface area contributed by atoms with Gasteiger partial charge in [-0.15, -0.1) is 0 Å². The van der Waals surface area contributed by atoms with Gasteiger partial charge in [-0.05, 0) is 19.9 Å². The quantitative estimate of drug-likeness (QED) is 0.793. The van der Waals surface area contributed by atoms with E-state index in [2.05, 4.69) is 20.3 Å². The van der Waals surface area contributed by atoms with Crippen LogP contribution in [0.15, 0.2) is 6.07 Å². The largest absolute Gasteiger partial charge is 0.368 e. The lowest BCUT2D eigenvalue weighted by Crippen LogP contribution is -2.10. The zero-order chi connectivity index (χ0) is 15.6. The third-order valence-corrected chi connectivity index (χ3v) is 4.19. The molecule has 2 aromatic rings. The second-order valence-corrected chi connectivity index (χ2v) is 5.94. The van der Waals surface area contributed by atoms with E-state index in [-0.39, 0.29) is 5.15 Å². The Balaban J connectivity index is 2.07. The third kappa shape index (κ3) is 4.10. The first-order valence-electron chi connectivity index (χ1n) is 6.13. The molecule has 0 fully saturated rings. The lowest BCUT2D eigenvalue weighted by molar-refractivity contribution is 0.937. The van der Waals surface area contributed by atoms with Gasteiger partial charge in [-0.1, -0.05) is 46.4 Å². The lowest BCUT2D eigenvalue weighted by atomic mass is 10.2. The molecule has 0 aromatic carbocycles. The van der Waals surface area contributed by atoms with Crippen LogP contribution < -0.4 is 5.32 Å². The van der Waals surface area contributed by atoms with Crippen LogP contribution in [0.1, 0.15) is 17.2 Å². The van der Waals surface area contributed by atoms with Gasteiger partial charge in [0.2, 0.25) is 0 Å². The smallest absolute Gasteiger partial charge is 0.148 e. The summed E-state index contributed by atoms with van der Waals surface area (Å²) in [6, 6.07) is 1.58. The molecule has 0 aliphatic heterocycles. The van der Waals surface area contributed by atoms with Crippen molar-refractivity contribution in [1.29, 1.82) is 0 Å². The lowest BCUT2D eigenvalue weighted by Gasteiger charge is -2.10. The van der Waals surface area contributed by atoms with Crippen LogP contribution in [0.4, 0.5) is 5.82 Å². The predicted molar refractivity (Wildman–Crippen MR) is 88.0 cm³/mol. The second-order valence-electron chi connectivity index (χ2n) is 4.39. The number of nitrogens with one attached hydrogen (secondary N) is 1. The summed E-state index contributed by atoms with van der Waals surface area (Å²) in [5.41, 5.74) is 1.40. The van der Waals surface area contributed by atoms with Crippen molar-refractivity contribution < 1.29 is 0 Å². The van der Waals surface area contributed by atoms with E-state index in [9.17, 15) is 0 Å². The number of hydrogen-bond acceptors (Lipinski definition) is 4. The summed E-state index contributed by atoms with van der Waals surface area (Å²) in [5, 5.41) is 4.71. The number of anilines is 1. The summed E-state index contributed by atoms with van der Waals surface area (Å²) in [7, 11) is 0. The molecule has 2 heterocycles. The van der Waals surface area contributed by atoms with Gasteiger partial charge in [0.1, 0.15) is 21.8 Å². The van der Waals surface area contributed by atoms with Gasteiger partial charge in [-0.25, -0.2) is 15.0 Å². The van der Waals surface area contributed by atoms with Crippen molar-refractivity contribution in [3.05, 3.63) is 43.5 Å². The molecule has 8 heteroatoms. The highest BCUT2D eigenvalue weighted by molar-refractivity contribution is 6.42. The average molecular weight is 366 g/mol. The highest BCUT2D eigenvalue weighted by Crippen LogP contribution is 2.26. The fourth-order valence-corrected chi connectivity index (χ4v) is 2.53. The maximum absolute atomic E-state index is 6.16. The van der Waals surface area contributed by atoms with E-state index in [4.69, 9.17) is 46.4 Å². The molecule has 0 atom stereocenters. The fraction of sp³-hybridized carbons (Fsp3) is 0.308. The van der Waals surface area contributed by atoms with Crippen LogP contribution >= 0.6 is 46.4 Å². The molecule has 0 aliphatic rings. The van der Waals surface area contributed by atoms with Gasteiger partial charge in [0, 0.05) is 13.0 Å². The molecule has 21 heavy (non-hydrogen) atoms. The number of rotatable bonds is 4. The van der Waals surface area contributed by atoms with Crippen LogP contribution in [0.3, 0.4) is 0 Å². The molecule has 0 radical (unpaired) electrons. The number of hydrogen-bond donors (Lipinski definition) is 1. The first-order valence-corrected chi connectivity index (χ1v) is 7.64. The Kier molecular flexibility index (Phi) is 5.49. The molecule has 0 amide bonds. The highest BCUT2D eigenvalue weighted by atomic mass is 35.5. The normalized spacial score (nSPS) is 10.8. The Labute approximate surface area is 142 Å². The molecule has 0 saturated heterocycles. The molecule has 2 aromatic heterocycles. The average Bonchev–Trinajstić information content (AvgIpc) is 2.41. The summed E-state index contributed by atoms with van der Waals surface area (Å²) in [6.45, 7) is 4.20. The number of nitrogens with zero attached hydrogens (tertiary/aromatic N) is 3. The standard InChI is InChI=1S/C13H12Cl4N4/c1-6-11(16)13(20-7(2)19-6)18-4-3-10-8(14)5-9(15)12(17)21-10/h5H,3-4H2,1-2H3,(H,18,19,20). The minimum absolute atomic E-state index is 0.239. The summed E-state index contributed by atoms with van der Waals surface area (Å²) >= 11 is 24.0. The Morgan fingerprint density at radius 2 is 1.71 bits per heavy atom. The molecule has 1 N–H and O–H groups in total. The molecule has 2 rings (SSSR count). The topological polar surface area (TPSA) is 50.7 Å². The predicted octanol–water partition coefficient (Wildman–Crippen LogP) is 4.76. The van der Waals surface area contributed by atoms with Crippen LogP contribution in [0, 0.1) is 13.8 Å². The fourth-order valence-electron chi connectivity index (χ4n) is 1.77. The monoisotopic (exact) mass is 364 g/mol. The summed E-state index contributed by atoms with van der Waals surface area (Å²) in [5.74, 6) is 1.25. The zero-order valence-corrected chi connectivity index (χ0v) is 14.4. The van der Waals surface area contributed by atoms with E-state index < -0.39 is 0 Å². The van der Waals surface area contributed by atoms with Gasteiger partial charge in [0.25, 0.3) is 0 Å². The minimum Gasteiger partial charge on any atom is -0.368 e. The van der Waals surface area contributed by atoms with Gasteiger partial charge in [0.15, 0.2) is 0 Å². The Bertz CT molecular complexity index is 676. The van der Waals surface area contributed by atoms with E-state index in [0.29, 0.717) is 45.4 Å². The maximum atomic E-state index is 6.16. The van der Waals surface area contributed by atoms with Crippen molar-refractivity contribution in [1.82, 2.24) is 15.0 Å². The molecule has 0 aliphatic carbocycles. The van der Waals surface area contributed by atoms with E-state index in [1.807, 2.05) is 13.8 Å². The van der Waals surface area contributed by atoms with Gasteiger partial charge in [-0.3, -0.25) is 0 Å². The van der Waals surface area contributed by atoms with E-state index >= 15 is 0 Å². The second kappa shape index (κ2) is 6.97. The van der Waals surface area contributed by atoms with Crippen molar-refractivity contribution in [3.8, 4) is 0 Å². The summed E-state index contributed by atoms with van der Waals surface area (Å²) in [4.78, 5) is 12.6. The summed E-state index contributed by atoms with van der Waals surface area (Å²) < 4.78 is 0. The zero-order valence-electron chi connectivity index (χ0n) is 11.3. The van der Waals surface area contributed by atoms with Crippen LogP contribution in [-0.4, -0.2) is 21.5 Å². The van der Waals surface area contributed by atoms with Crippen molar-refractivity contribution in [2.24, 2.45) is 0 Å². The van der Waals surface area contributed by atoms with Gasteiger partial charge in [0.05, 0.1) is 21.4 Å². The number of aryl methyl sites for hydroxylation is 2. The molecule has 0 unspecified atom stereocenters. The summed E-state index contributed by atoms with van der Waals surface area (Å²) in [6.07, 6.45) is 0.564. The number of aromatic nitrogens is 3. The van der Waals surface area contributed by atoms with E-state index in [0.717, 1.165) is 5.69 Å². The van der Waals surface area contributed by atoms with Crippen molar-refractivity contribution >= 4 is 52.2 Å². The van der Waals surface area contributed by atoms with Crippen LogP contribution in [-0.2, 0) is 6.42 Å². The van der Waals surface area contributed by atoms with Crippen LogP contribution in [0.5, 0.6) is 0 Å². The van der Waals surface area contributed by atoms with Crippen molar-refractivity contribution in [3.63, 3.8) is 0 Å². The van der Waals surface area contributed by atoms with E-state index in [1.165, 1.54) is 0 Å². The number of pyridine rings is 1. The van der Waals surface area contributed by atoms with Gasteiger partial charge in [-0.2, -0.15) is 0 Å². The maximum Gasteiger partial charge on any atom is 0.148 e. The number of halogens is 4. The SMILES string of the molecule is Cc1nc(C)c(Cl)c(NCCc2nc(Cl)c(Cl)cc2Cl)n1. The van der Waals surface area contributed by atoms with E-state index in [1.54, 1.807) is 6.07 Å². The molecule has 112 valence electrons. The van der Waals surface area contributed by atoms with Gasteiger partial charge < -0.3 is 5.32 Å².